The summed E-state index contributed by atoms with van der Waals surface area (Å²) in [5.41, 5.74) is 2.66. The van der Waals surface area contributed by atoms with E-state index in [0.717, 1.165) is 16.9 Å². The number of nitrogens with zero attached hydrogens (tertiary/aromatic N) is 2. The van der Waals surface area contributed by atoms with Crippen LogP contribution in [0, 0.1) is 0 Å². The first kappa shape index (κ1) is 18.0. The topological polar surface area (TPSA) is 41.9 Å². The van der Waals surface area contributed by atoms with E-state index >= 15 is 0 Å². The number of amides is 1. The molecule has 28 heavy (non-hydrogen) atoms. The van der Waals surface area contributed by atoms with Crippen LogP contribution in [0.2, 0.25) is 5.02 Å². The van der Waals surface area contributed by atoms with Crippen LogP contribution in [0.5, 0.6) is 5.75 Å². The summed E-state index contributed by atoms with van der Waals surface area (Å²) in [7, 11) is 1.62. The number of methoxy groups -OCH3 is 1. The third-order valence-electron chi connectivity index (χ3n) is 4.40. The van der Waals surface area contributed by atoms with Gasteiger partial charge in [0.25, 0.3) is 5.91 Å². The van der Waals surface area contributed by atoms with Crippen molar-refractivity contribution in [1.29, 1.82) is 0 Å². The zero-order valence-electron chi connectivity index (χ0n) is 15.2. The van der Waals surface area contributed by atoms with Crippen molar-refractivity contribution in [3.8, 4) is 5.75 Å². The molecule has 0 aromatic heterocycles. The molecule has 138 valence electrons. The number of hydrogen-bond donors (Lipinski definition) is 0. The number of carbonyl (C=O) groups excluding carboxylic acids is 1. The zero-order valence-corrected chi connectivity index (χ0v) is 15.9. The highest BCUT2D eigenvalue weighted by molar-refractivity contribution is 6.39. The van der Waals surface area contributed by atoms with Crippen LogP contribution in [0.25, 0.3) is 6.08 Å². The molecule has 0 aliphatic carbocycles. The van der Waals surface area contributed by atoms with E-state index in [1.54, 1.807) is 24.2 Å². The van der Waals surface area contributed by atoms with Crippen molar-refractivity contribution < 1.29 is 9.53 Å². The van der Waals surface area contributed by atoms with Crippen molar-refractivity contribution >= 4 is 35.1 Å². The first-order chi connectivity index (χ1) is 13.7. The fraction of sp³-hybridized carbons (Fsp3) is 0.0435. The van der Waals surface area contributed by atoms with Crippen LogP contribution in [0.15, 0.2) is 89.6 Å². The van der Waals surface area contributed by atoms with Crippen molar-refractivity contribution in [3.05, 3.63) is 101 Å². The maximum atomic E-state index is 13.2. The second-order valence-corrected chi connectivity index (χ2v) is 6.60. The molecule has 0 fully saturated rings. The average Bonchev–Trinajstić information content (AvgIpc) is 3.06. The third-order valence-corrected chi connectivity index (χ3v) is 4.72. The molecule has 0 spiro atoms. The molecule has 0 atom stereocenters. The summed E-state index contributed by atoms with van der Waals surface area (Å²) in [4.78, 5) is 19.4. The Hall–Kier alpha value is -3.37. The number of hydrogen-bond acceptors (Lipinski definition) is 3. The summed E-state index contributed by atoms with van der Waals surface area (Å²) in [6, 6.07) is 24.3. The van der Waals surface area contributed by atoms with Crippen molar-refractivity contribution in [2.75, 3.05) is 12.0 Å². The fourth-order valence-electron chi connectivity index (χ4n) is 3.01. The molecule has 1 amide bonds. The van der Waals surface area contributed by atoms with E-state index in [9.17, 15) is 4.79 Å². The zero-order chi connectivity index (χ0) is 19.5. The molecule has 3 aromatic carbocycles. The number of rotatable bonds is 4. The van der Waals surface area contributed by atoms with Gasteiger partial charge in [0.05, 0.1) is 17.8 Å². The van der Waals surface area contributed by atoms with E-state index in [-0.39, 0.29) is 5.91 Å². The van der Waals surface area contributed by atoms with Crippen molar-refractivity contribution in [1.82, 2.24) is 0 Å². The highest BCUT2D eigenvalue weighted by Gasteiger charge is 2.33. The highest BCUT2D eigenvalue weighted by Crippen LogP contribution is 2.32. The lowest BCUT2D eigenvalue weighted by Crippen LogP contribution is -2.32. The Morgan fingerprint density at radius 2 is 1.61 bits per heavy atom. The number of amidine groups is 1. The molecule has 3 aromatic rings. The normalized spacial score (nSPS) is 15.1. The number of para-hydroxylation sites is 1. The van der Waals surface area contributed by atoms with Gasteiger partial charge in [-0.3, -0.25) is 9.69 Å². The molecular weight excluding hydrogens is 372 g/mol. The van der Waals surface area contributed by atoms with E-state index in [1.807, 2.05) is 72.8 Å². The minimum Gasteiger partial charge on any atom is -0.497 e. The van der Waals surface area contributed by atoms with Crippen molar-refractivity contribution in [2.45, 2.75) is 0 Å². The summed E-state index contributed by atoms with van der Waals surface area (Å²) in [5, 5.41) is 0.491. The van der Waals surface area contributed by atoms with E-state index in [4.69, 9.17) is 16.3 Å². The van der Waals surface area contributed by atoms with Crippen LogP contribution >= 0.6 is 11.6 Å². The first-order valence-corrected chi connectivity index (χ1v) is 9.14. The van der Waals surface area contributed by atoms with Gasteiger partial charge in [0, 0.05) is 5.56 Å². The molecule has 0 unspecified atom stereocenters. The van der Waals surface area contributed by atoms with Crippen LogP contribution in [0.4, 0.5) is 5.69 Å². The molecule has 0 N–H and O–H groups in total. The van der Waals surface area contributed by atoms with Gasteiger partial charge in [0.15, 0.2) is 0 Å². The van der Waals surface area contributed by atoms with E-state index in [2.05, 4.69) is 4.99 Å². The molecule has 5 heteroatoms. The smallest absolute Gasteiger partial charge is 0.282 e. The Morgan fingerprint density at radius 3 is 2.29 bits per heavy atom. The summed E-state index contributed by atoms with van der Waals surface area (Å²) >= 11 is 6.38. The Kier molecular flexibility index (Phi) is 4.96. The number of ether oxygens (including phenoxy) is 1. The molecule has 4 nitrogen and oxygen atoms in total. The summed E-state index contributed by atoms with van der Waals surface area (Å²) in [6.45, 7) is 0. The van der Waals surface area contributed by atoms with Gasteiger partial charge in [-0.2, -0.15) is 0 Å². The Balaban J connectivity index is 1.81. The number of anilines is 1. The Morgan fingerprint density at radius 1 is 0.929 bits per heavy atom. The van der Waals surface area contributed by atoms with E-state index in [0.29, 0.717) is 22.2 Å². The van der Waals surface area contributed by atoms with Crippen molar-refractivity contribution in [2.24, 2.45) is 4.99 Å². The Labute approximate surface area is 168 Å². The highest BCUT2D eigenvalue weighted by atomic mass is 35.5. The minimum atomic E-state index is -0.220. The van der Waals surface area contributed by atoms with Gasteiger partial charge in [0.1, 0.15) is 17.3 Å². The van der Waals surface area contributed by atoms with E-state index in [1.165, 1.54) is 0 Å². The molecular formula is C23H17ClN2O2. The summed E-state index contributed by atoms with van der Waals surface area (Å²) < 4.78 is 5.19. The van der Waals surface area contributed by atoms with E-state index < -0.39 is 0 Å². The first-order valence-electron chi connectivity index (χ1n) is 8.76. The second-order valence-electron chi connectivity index (χ2n) is 6.20. The van der Waals surface area contributed by atoms with Crippen LogP contribution in [-0.4, -0.2) is 18.9 Å². The Bertz CT molecular complexity index is 1070. The maximum Gasteiger partial charge on any atom is 0.282 e. The van der Waals surface area contributed by atoms with Gasteiger partial charge in [0.2, 0.25) is 0 Å². The van der Waals surface area contributed by atoms with Crippen LogP contribution in [0.1, 0.15) is 11.1 Å². The molecule has 0 radical (unpaired) electrons. The molecule has 1 aliphatic heterocycles. The lowest BCUT2D eigenvalue weighted by atomic mass is 10.1. The molecule has 4 rings (SSSR count). The van der Waals surface area contributed by atoms with Crippen LogP contribution in [0.3, 0.4) is 0 Å². The fourth-order valence-corrected chi connectivity index (χ4v) is 3.23. The van der Waals surface area contributed by atoms with Gasteiger partial charge in [-0.1, -0.05) is 66.2 Å². The quantitative estimate of drug-likeness (QED) is 0.577. The summed E-state index contributed by atoms with van der Waals surface area (Å²) in [6.07, 6.45) is 1.77. The summed E-state index contributed by atoms with van der Waals surface area (Å²) in [5.74, 6) is 1.09. The molecule has 0 bridgehead atoms. The van der Waals surface area contributed by atoms with Gasteiger partial charge < -0.3 is 4.74 Å². The lowest BCUT2D eigenvalue weighted by molar-refractivity contribution is -0.113. The van der Waals surface area contributed by atoms with Gasteiger partial charge in [-0.15, -0.1) is 0 Å². The molecule has 1 aliphatic rings. The van der Waals surface area contributed by atoms with Crippen LogP contribution < -0.4 is 9.64 Å². The predicted molar refractivity (Wildman–Crippen MR) is 113 cm³/mol. The standard InChI is InChI=1S/C23H17ClN2O2/c1-28-18-13-11-16(12-14-18)15-20-23(27)26(21-10-6-5-9-19(21)24)22(25-20)17-7-3-2-4-8-17/h2-15H,1H3/b20-15+. The molecule has 1 heterocycles. The third kappa shape index (κ3) is 3.42. The minimum absolute atomic E-state index is 0.220. The second kappa shape index (κ2) is 7.71. The van der Waals surface area contributed by atoms with Gasteiger partial charge >= 0.3 is 0 Å². The molecule has 0 saturated carbocycles. The number of benzene rings is 3. The van der Waals surface area contributed by atoms with Gasteiger partial charge in [-0.25, -0.2) is 4.99 Å². The van der Waals surface area contributed by atoms with Gasteiger partial charge in [-0.05, 0) is 35.9 Å². The maximum absolute atomic E-state index is 13.2. The monoisotopic (exact) mass is 388 g/mol. The largest absolute Gasteiger partial charge is 0.497 e. The number of halogens is 1. The van der Waals surface area contributed by atoms with Crippen molar-refractivity contribution in [3.63, 3.8) is 0 Å². The average molecular weight is 389 g/mol. The SMILES string of the molecule is COc1ccc(/C=C2/N=C(c3ccccc3)N(c3ccccc3Cl)C2=O)cc1. The number of carbonyl (C=O) groups is 1. The molecule has 0 saturated heterocycles. The lowest BCUT2D eigenvalue weighted by Gasteiger charge is -2.19. The predicted octanol–water partition coefficient (Wildman–Crippen LogP) is 5.18. The number of aliphatic imine (C=N–C) groups is 1. The van der Waals surface area contributed by atoms with Crippen LogP contribution in [-0.2, 0) is 4.79 Å².